The standard InChI is InChI=1S/C23H25ClN2O4/c1-15(23(28)25-10-7-11-26(2)3)29-21-14-20-18(12-19(21)24)17(13-22(27)30-20)16-8-5-4-6-9-16/h4-6,8-9,12-15H,7,10-11H2,1-3H3,(H,25,28). The van der Waals surface area contributed by atoms with Crippen molar-refractivity contribution in [2.24, 2.45) is 0 Å². The molecule has 30 heavy (non-hydrogen) atoms. The van der Waals surface area contributed by atoms with Gasteiger partial charge in [-0.1, -0.05) is 41.9 Å². The Morgan fingerprint density at radius 2 is 1.93 bits per heavy atom. The minimum absolute atomic E-state index is 0.232. The molecule has 1 aromatic heterocycles. The van der Waals surface area contributed by atoms with E-state index in [4.69, 9.17) is 20.8 Å². The molecule has 0 aliphatic carbocycles. The van der Waals surface area contributed by atoms with Gasteiger partial charge in [0.2, 0.25) is 0 Å². The predicted molar refractivity (Wildman–Crippen MR) is 119 cm³/mol. The Labute approximate surface area is 180 Å². The van der Waals surface area contributed by atoms with Gasteiger partial charge in [-0.15, -0.1) is 0 Å². The van der Waals surface area contributed by atoms with Crippen LogP contribution in [0.3, 0.4) is 0 Å². The number of benzene rings is 2. The smallest absolute Gasteiger partial charge is 0.336 e. The molecule has 7 heteroatoms. The average molecular weight is 429 g/mol. The lowest BCUT2D eigenvalue weighted by molar-refractivity contribution is -0.127. The summed E-state index contributed by atoms with van der Waals surface area (Å²) in [7, 11) is 3.97. The summed E-state index contributed by atoms with van der Waals surface area (Å²) >= 11 is 6.43. The van der Waals surface area contributed by atoms with Crippen LogP contribution in [0.2, 0.25) is 5.02 Å². The monoisotopic (exact) mass is 428 g/mol. The number of nitrogens with one attached hydrogen (secondary N) is 1. The number of halogens is 1. The minimum atomic E-state index is -0.747. The molecule has 3 rings (SSSR count). The van der Waals surface area contributed by atoms with E-state index >= 15 is 0 Å². The number of rotatable bonds is 8. The molecule has 0 aliphatic rings. The zero-order chi connectivity index (χ0) is 21.7. The highest BCUT2D eigenvalue weighted by atomic mass is 35.5. The van der Waals surface area contributed by atoms with Gasteiger partial charge in [0.1, 0.15) is 11.3 Å². The van der Waals surface area contributed by atoms with Crippen LogP contribution in [0.5, 0.6) is 5.75 Å². The number of amides is 1. The molecule has 0 radical (unpaired) electrons. The van der Waals surface area contributed by atoms with Gasteiger partial charge in [0.15, 0.2) is 6.10 Å². The maximum absolute atomic E-state index is 12.3. The lowest BCUT2D eigenvalue weighted by Gasteiger charge is -2.17. The van der Waals surface area contributed by atoms with Crippen LogP contribution in [0.25, 0.3) is 22.1 Å². The molecule has 0 fully saturated rings. The maximum atomic E-state index is 12.3. The molecule has 2 aromatic carbocycles. The predicted octanol–water partition coefficient (Wildman–Crippen LogP) is 3.95. The number of carbonyl (C=O) groups excluding carboxylic acids is 1. The molecule has 1 atom stereocenters. The van der Waals surface area contributed by atoms with E-state index in [1.165, 1.54) is 6.07 Å². The summed E-state index contributed by atoms with van der Waals surface area (Å²) in [5.74, 6) is 0.0536. The van der Waals surface area contributed by atoms with E-state index in [-0.39, 0.29) is 11.7 Å². The molecule has 158 valence electrons. The lowest BCUT2D eigenvalue weighted by Crippen LogP contribution is -2.37. The highest BCUT2D eigenvalue weighted by molar-refractivity contribution is 6.33. The first-order valence-electron chi connectivity index (χ1n) is 9.77. The van der Waals surface area contributed by atoms with Crippen LogP contribution in [0.15, 0.2) is 57.7 Å². The van der Waals surface area contributed by atoms with Gasteiger partial charge < -0.3 is 19.4 Å². The van der Waals surface area contributed by atoms with E-state index in [2.05, 4.69) is 10.2 Å². The second-order valence-electron chi connectivity index (χ2n) is 7.33. The van der Waals surface area contributed by atoms with E-state index in [9.17, 15) is 9.59 Å². The molecule has 0 saturated heterocycles. The van der Waals surface area contributed by atoms with Gasteiger partial charge in [-0.25, -0.2) is 4.79 Å². The molecule has 6 nitrogen and oxygen atoms in total. The molecule has 1 N–H and O–H groups in total. The fourth-order valence-corrected chi connectivity index (χ4v) is 3.31. The number of nitrogens with zero attached hydrogens (tertiary/aromatic N) is 1. The SMILES string of the molecule is CC(Oc1cc2oc(=O)cc(-c3ccccc3)c2cc1Cl)C(=O)NCCCN(C)C. The molecule has 1 heterocycles. The van der Waals surface area contributed by atoms with Gasteiger partial charge >= 0.3 is 5.63 Å². The van der Waals surface area contributed by atoms with Crippen molar-refractivity contribution in [3.8, 4) is 16.9 Å². The van der Waals surface area contributed by atoms with Crippen LogP contribution in [-0.2, 0) is 4.79 Å². The van der Waals surface area contributed by atoms with Crippen molar-refractivity contribution in [3.63, 3.8) is 0 Å². The molecule has 1 unspecified atom stereocenters. The largest absolute Gasteiger partial charge is 0.479 e. The van der Waals surface area contributed by atoms with Gasteiger partial charge in [0.25, 0.3) is 5.91 Å². The lowest BCUT2D eigenvalue weighted by atomic mass is 10.0. The summed E-state index contributed by atoms with van der Waals surface area (Å²) in [6.45, 7) is 3.10. The van der Waals surface area contributed by atoms with Crippen LogP contribution in [0, 0.1) is 0 Å². The Morgan fingerprint density at radius 1 is 1.20 bits per heavy atom. The van der Waals surface area contributed by atoms with Crippen molar-refractivity contribution >= 4 is 28.5 Å². The quantitative estimate of drug-likeness (QED) is 0.434. The van der Waals surface area contributed by atoms with Crippen molar-refractivity contribution < 1.29 is 13.9 Å². The van der Waals surface area contributed by atoms with Gasteiger partial charge in [0.05, 0.1) is 5.02 Å². The number of carbonyl (C=O) groups is 1. The third-order valence-corrected chi connectivity index (χ3v) is 4.93. The van der Waals surface area contributed by atoms with Crippen LogP contribution in [0.1, 0.15) is 13.3 Å². The van der Waals surface area contributed by atoms with Gasteiger partial charge in [-0.05, 0) is 51.2 Å². The van der Waals surface area contributed by atoms with E-state index < -0.39 is 11.7 Å². The Hall–Kier alpha value is -2.83. The van der Waals surface area contributed by atoms with E-state index in [0.29, 0.717) is 22.5 Å². The first kappa shape index (κ1) is 21.9. The molecule has 1 amide bonds. The first-order valence-corrected chi connectivity index (χ1v) is 10.1. The molecule has 0 spiro atoms. The average Bonchev–Trinajstić information content (AvgIpc) is 2.72. The second kappa shape index (κ2) is 9.78. The highest BCUT2D eigenvalue weighted by Gasteiger charge is 2.18. The normalized spacial score (nSPS) is 12.2. The molecule has 0 bridgehead atoms. The Morgan fingerprint density at radius 3 is 2.63 bits per heavy atom. The number of ether oxygens (including phenoxy) is 1. The topological polar surface area (TPSA) is 71.8 Å². The zero-order valence-electron chi connectivity index (χ0n) is 17.3. The highest BCUT2D eigenvalue weighted by Crippen LogP contribution is 2.35. The number of fused-ring (bicyclic) bond motifs is 1. The Kier molecular flexibility index (Phi) is 7.13. The number of hydrogen-bond acceptors (Lipinski definition) is 5. The van der Waals surface area contributed by atoms with Crippen LogP contribution < -0.4 is 15.7 Å². The summed E-state index contributed by atoms with van der Waals surface area (Å²) in [5, 5.41) is 3.87. The second-order valence-corrected chi connectivity index (χ2v) is 7.74. The molecule has 0 saturated carbocycles. The molecular formula is C23H25ClN2O4. The van der Waals surface area contributed by atoms with Crippen LogP contribution in [0.4, 0.5) is 0 Å². The fourth-order valence-electron chi connectivity index (χ4n) is 3.10. The summed E-state index contributed by atoms with van der Waals surface area (Å²) < 4.78 is 11.1. The van der Waals surface area contributed by atoms with Gasteiger partial charge in [-0.3, -0.25) is 4.79 Å². The third-order valence-electron chi connectivity index (χ3n) is 4.64. The molecule has 0 aliphatic heterocycles. The van der Waals surface area contributed by atoms with Crippen molar-refractivity contribution in [3.05, 3.63) is 64.0 Å². The van der Waals surface area contributed by atoms with Crippen molar-refractivity contribution in [2.75, 3.05) is 27.2 Å². The van der Waals surface area contributed by atoms with Crippen molar-refractivity contribution in [1.82, 2.24) is 10.2 Å². The van der Waals surface area contributed by atoms with E-state index in [0.717, 1.165) is 24.1 Å². The molecular weight excluding hydrogens is 404 g/mol. The summed E-state index contributed by atoms with van der Waals surface area (Å²) in [4.78, 5) is 26.4. The van der Waals surface area contributed by atoms with E-state index in [1.807, 2.05) is 44.4 Å². The van der Waals surface area contributed by atoms with E-state index in [1.54, 1.807) is 19.1 Å². The van der Waals surface area contributed by atoms with Crippen molar-refractivity contribution in [1.29, 1.82) is 0 Å². The zero-order valence-corrected chi connectivity index (χ0v) is 18.0. The first-order chi connectivity index (χ1) is 14.3. The van der Waals surface area contributed by atoms with Crippen LogP contribution >= 0.6 is 11.6 Å². The summed E-state index contributed by atoms with van der Waals surface area (Å²) in [5.41, 5.74) is 1.48. The molecule has 3 aromatic rings. The minimum Gasteiger partial charge on any atom is -0.479 e. The van der Waals surface area contributed by atoms with Crippen LogP contribution in [-0.4, -0.2) is 44.1 Å². The Bertz CT molecular complexity index is 1080. The van der Waals surface area contributed by atoms with Crippen molar-refractivity contribution in [2.45, 2.75) is 19.4 Å². The number of hydrogen-bond donors (Lipinski definition) is 1. The van der Waals surface area contributed by atoms with Gasteiger partial charge in [0, 0.05) is 24.1 Å². The third kappa shape index (κ3) is 5.40. The fraction of sp³-hybridized carbons (Fsp3) is 0.304. The Balaban J connectivity index is 1.81. The maximum Gasteiger partial charge on any atom is 0.336 e. The van der Waals surface area contributed by atoms with Gasteiger partial charge in [-0.2, -0.15) is 0 Å². The summed E-state index contributed by atoms with van der Waals surface area (Å²) in [6, 6.07) is 14.2. The summed E-state index contributed by atoms with van der Waals surface area (Å²) in [6.07, 6.45) is 0.0960.